The summed E-state index contributed by atoms with van der Waals surface area (Å²) in [7, 11) is 0. The van der Waals surface area contributed by atoms with Crippen LogP contribution in [0.5, 0.6) is 0 Å². The fraction of sp³-hybridized carbons (Fsp3) is 0.167. The molecule has 1 aromatic heterocycles. The second kappa shape index (κ2) is 5.19. The first-order valence-electron chi connectivity index (χ1n) is 5.39. The molecule has 1 N–H and O–H groups in total. The number of aryl methyl sites for hydroxylation is 1. The van der Waals surface area contributed by atoms with Gasteiger partial charge in [0.1, 0.15) is 17.1 Å². The number of halogens is 3. The molecule has 1 aromatic carbocycles. The zero-order valence-electron chi connectivity index (χ0n) is 9.82. The van der Waals surface area contributed by atoms with Crippen molar-refractivity contribution in [2.45, 2.75) is 13.5 Å². The van der Waals surface area contributed by atoms with Crippen LogP contribution in [0, 0.1) is 5.82 Å². The number of nitrogens with zero attached hydrogens (tertiary/aromatic N) is 2. The lowest BCUT2D eigenvalue weighted by atomic mass is 10.1. The summed E-state index contributed by atoms with van der Waals surface area (Å²) in [4.78, 5) is 11.2. The molecule has 0 aliphatic carbocycles. The van der Waals surface area contributed by atoms with E-state index in [1.54, 1.807) is 0 Å². The van der Waals surface area contributed by atoms with Crippen molar-refractivity contribution in [1.29, 1.82) is 0 Å². The number of aromatic carboxylic acids is 1. The van der Waals surface area contributed by atoms with E-state index in [2.05, 4.69) is 5.10 Å². The Morgan fingerprint density at radius 2 is 2.11 bits per heavy atom. The van der Waals surface area contributed by atoms with Gasteiger partial charge in [-0.15, -0.1) is 0 Å². The van der Waals surface area contributed by atoms with Crippen molar-refractivity contribution < 1.29 is 14.3 Å². The molecule has 0 aliphatic rings. The largest absolute Gasteiger partial charge is 0.478 e. The molecule has 2 rings (SSSR count). The predicted octanol–water partition coefficient (Wildman–Crippen LogP) is 3.71. The van der Waals surface area contributed by atoms with Crippen molar-refractivity contribution in [2.75, 3.05) is 0 Å². The monoisotopic (exact) mass is 302 g/mol. The van der Waals surface area contributed by atoms with Crippen LogP contribution in [0.25, 0.3) is 11.3 Å². The number of benzene rings is 1. The van der Waals surface area contributed by atoms with E-state index < -0.39 is 11.8 Å². The highest BCUT2D eigenvalue weighted by Gasteiger charge is 2.20. The van der Waals surface area contributed by atoms with Gasteiger partial charge in [-0.1, -0.05) is 23.2 Å². The quantitative estimate of drug-likeness (QED) is 0.879. The second-order valence-electron chi connectivity index (χ2n) is 3.80. The fourth-order valence-electron chi connectivity index (χ4n) is 1.64. The van der Waals surface area contributed by atoms with Crippen LogP contribution < -0.4 is 0 Å². The molecule has 100 valence electrons. The Bertz CT molecular complexity index is 655. The summed E-state index contributed by atoms with van der Waals surface area (Å²) in [6.45, 7) is 2.31. The van der Waals surface area contributed by atoms with Gasteiger partial charge in [0.15, 0.2) is 0 Å². The topological polar surface area (TPSA) is 55.1 Å². The molecule has 4 nitrogen and oxygen atoms in total. The first-order valence-corrected chi connectivity index (χ1v) is 6.15. The highest BCUT2D eigenvalue weighted by Crippen LogP contribution is 2.33. The van der Waals surface area contributed by atoms with Crippen molar-refractivity contribution in [3.63, 3.8) is 0 Å². The molecule has 0 saturated heterocycles. The van der Waals surface area contributed by atoms with Gasteiger partial charge in [0, 0.05) is 18.3 Å². The van der Waals surface area contributed by atoms with Crippen LogP contribution in [0.1, 0.15) is 17.3 Å². The van der Waals surface area contributed by atoms with Crippen LogP contribution in [0.4, 0.5) is 4.39 Å². The van der Waals surface area contributed by atoms with Gasteiger partial charge < -0.3 is 5.11 Å². The van der Waals surface area contributed by atoms with E-state index in [1.807, 2.05) is 6.92 Å². The molecule has 0 bridgehead atoms. The molecule has 0 spiro atoms. The van der Waals surface area contributed by atoms with Crippen LogP contribution in [0.2, 0.25) is 10.0 Å². The van der Waals surface area contributed by atoms with Crippen molar-refractivity contribution in [3.05, 3.63) is 39.8 Å². The summed E-state index contributed by atoms with van der Waals surface area (Å²) in [5.41, 5.74) is 0.286. The molecule has 0 radical (unpaired) electrons. The third-order valence-electron chi connectivity index (χ3n) is 2.58. The van der Waals surface area contributed by atoms with E-state index >= 15 is 0 Å². The first-order chi connectivity index (χ1) is 8.93. The van der Waals surface area contributed by atoms with Crippen LogP contribution >= 0.6 is 23.2 Å². The summed E-state index contributed by atoms with van der Waals surface area (Å²) in [5.74, 6) is -1.83. The average molecular weight is 303 g/mol. The molecule has 0 amide bonds. The van der Waals surface area contributed by atoms with Crippen molar-refractivity contribution in [1.82, 2.24) is 9.78 Å². The number of hydrogen-bond donors (Lipinski definition) is 1. The Balaban J connectivity index is 2.67. The third-order valence-corrected chi connectivity index (χ3v) is 3.18. The summed E-state index contributed by atoms with van der Waals surface area (Å²) in [5, 5.41) is 13.3. The fourth-order valence-corrected chi connectivity index (χ4v) is 2.12. The number of carboxylic acid groups (broad SMARTS) is 1. The van der Waals surface area contributed by atoms with E-state index in [0.29, 0.717) is 6.54 Å². The van der Waals surface area contributed by atoms with E-state index in [4.69, 9.17) is 28.3 Å². The van der Waals surface area contributed by atoms with Crippen LogP contribution in [-0.2, 0) is 6.54 Å². The minimum Gasteiger partial charge on any atom is -0.478 e. The second-order valence-corrected chi connectivity index (χ2v) is 4.61. The molecule has 0 aliphatic heterocycles. The van der Waals surface area contributed by atoms with Gasteiger partial charge in [-0.05, 0) is 19.1 Å². The van der Waals surface area contributed by atoms with Gasteiger partial charge >= 0.3 is 5.97 Å². The molecule has 0 atom stereocenters. The number of rotatable bonds is 3. The maximum absolute atomic E-state index is 13.5. The van der Waals surface area contributed by atoms with E-state index in [0.717, 1.165) is 6.07 Å². The lowest BCUT2D eigenvalue weighted by Gasteiger charge is -2.04. The molecule has 0 unspecified atom stereocenters. The maximum Gasteiger partial charge on any atom is 0.339 e. The highest BCUT2D eigenvalue weighted by molar-refractivity contribution is 6.36. The molecular formula is C12H9Cl2FN2O2. The Kier molecular flexibility index (Phi) is 3.78. The number of hydrogen-bond acceptors (Lipinski definition) is 2. The van der Waals surface area contributed by atoms with Crippen molar-refractivity contribution in [3.8, 4) is 11.3 Å². The van der Waals surface area contributed by atoms with Gasteiger partial charge in [-0.25, -0.2) is 9.18 Å². The Labute approximate surface area is 118 Å². The molecule has 2 aromatic rings. The minimum absolute atomic E-state index is 0.0366. The number of carbonyl (C=O) groups is 1. The molecule has 0 saturated carbocycles. The highest BCUT2D eigenvalue weighted by atomic mass is 35.5. The molecule has 0 fully saturated rings. The van der Waals surface area contributed by atoms with Crippen molar-refractivity contribution >= 4 is 29.2 Å². The molecule has 19 heavy (non-hydrogen) atoms. The summed E-state index contributed by atoms with van der Waals surface area (Å²) < 4.78 is 14.9. The molecular weight excluding hydrogens is 294 g/mol. The number of aromatic nitrogens is 2. The van der Waals surface area contributed by atoms with Gasteiger partial charge in [0.2, 0.25) is 0 Å². The lowest BCUT2D eigenvalue weighted by Crippen LogP contribution is -1.97. The van der Waals surface area contributed by atoms with E-state index in [9.17, 15) is 9.18 Å². The predicted molar refractivity (Wildman–Crippen MR) is 70.3 cm³/mol. The Hall–Kier alpha value is -1.59. The standard InChI is InChI=1S/C12H9Cl2FN2O2/c1-2-17-5-7(12(18)19)11(16-17)6-3-10(15)9(14)4-8(6)13/h3-5H,2H2,1H3,(H,18,19). The summed E-state index contributed by atoms with van der Waals surface area (Å²) >= 11 is 11.6. The normalized spacial score (nSPS) is 10.7. The summed E-state index contributed by atoms with van der Waals surface area (Å²) in [6, 6.07) is 2.31. The van der Waals surface area contributed by atoms with Gasteiger partial charge in [-0.2, -0.15) is 5.10 Å². The van der Waals surface area contributed by atoms with Crippen LogP contribution in [-0.4, -0.2) is 20.9 Å². The van der Waals surface area contributed by atoms with Crippen LogP contribution in [0.3, 0.4) is 0 Å². The van der Waals surface area contributed by atoms with E-state index in [1.165, 1.54) is 16.9 Å². The Morgan fingerprint density at radius 1 is 1.42 bits per heavy atom. The van der Waals surface area contributed by atoms with Gasteiger partial charge in [-0.3, -0.25) is 4.68 Å². The first kappa shape index (κ1) is 13.8. The van der Waals surface area contributed by atoms with Crippen molar-refractivity contribution in [2.24, 2.45) is 0 Å². The molecule has 1 heterocycles. The van der Waals surface area contributed by atoms with Crippen LogP contribution in [0.15, 0.2) is 18.3 Å². The maximum atomic E-state index is 13.5. The lowest BCUT2D eigenvalue weighted by molar-refractivity contribution is 0.0697. The molecule has 7 heteroatoms. The Morgan fingerprint density at radius 3 is 2.68 bits per heavy atom. The third kappa shape index (κ3) is 2.57. The van der Waals surface area contributed by atoms with Gasteiger partial charge in [0.05, 0.1) is 10.0 Å². The zero-order valence-corrected chi connectivity index (χ0v) is 11.3. The SMILES string of the molecule is CCn1cc(C(=O)O)c(-c2cc(F)c(Cl)cc2Cl)n1. The average Bonchev–Trinajstić information content (AvgIpc) is 2.78. The van der Waals surface area contributed by atoms with Gasteiger partial charge in [0.25, 0.3) is 0 Å². The summed E-state index contributed by atoms with van der Waals surface area (Å²) in [6.07, 6.45) is 1.38. The smallest absolute Gasteiger partial charge is 0.339 e. The zero-order chi connectivity index (χ0) is 14.2. The van der Waals surface area contributed by atoms with E-state index in [-0.39, 0.29) is 26.9 Å². The minimum atomic E-state index is -1.15. The number of carboxylic acids is 1.